The quantitative estimate of drug-likeness (QED) is 0.462. The number of carbonyl (C=O) groups is 2. The second kappa shape index (κ2) is 7.00. The summed E-state index contributed by atoms with van der Waals surface area (Å²) < 4.78 is 0. The lowest BCUT2D eigenvalue weighted by molar-refractivity contribution is -0.111. The molecule has 0 saturated carbocycles. The molecular weight excluding hydrogens is 332 g/mol. The number of ketones is 2. The summed E-state index contributed by atoms with van der Waals surface area (Å²) >= 11 is 0. The maximum Gasteiger partial charge on any atom is 0.193 e. The fourth-order valence-corrected chi connectivity index (χ4v) is 3.55. The molecule has 0 spiro atoms. The van der Waals surface area contributed by atoms with Gasteiger partial charge in [0.25, 0.3) is 0 Å². The van der Waals surface area contributed by atoms with E-state index in [9.17, 15) is 9.59 Å². The molecule has 27 heavy (non-hydrogen) atoms. The van der Waals surface area contributed by atoms with Crippen LogP contribution in [0.2, 0.25) is 0 Å². The van der Waals surface area contributed by atoms with Gasteiger partial charge in [0, 0.05) is 22.3 Å². The molecule has 0 aliphatic heterocycles. The summed E-state index contributed by atoms with van der Waals surface area (Å²) in [4.78, 5) is 25.9. The Morgan fingerprint density at radius 2 is 1.22 bits per heavy atom. The van der Waals surface area contributed by atoms with Crippen LogP contribution in [-0.4, -0.2) is 11.6 Å². The molecule has 0 bridgehead atoms. The minimum Gasteiger partial charge on any atom is -0.294 e. The lowest BCUT2D eigenvalue weighted by Gasteiger charge is -2.14. The van der Waals surface area contributed by atoms with Crippen LogP contribution in [-0.2, 0) is 4.79 Å². The van der Waals surface area contributed by atoms with Crippen molar-refractivity contribution in [3.63, 3.8) is 0 Å². The standard InChI is InChI=1S/C25H18O2/c1-17(26)23(18-10-4-2-5-11-18)24-21-15-9-8-14-20(21)16-22(24)25(27)19-12-6-3-7-13-19/h2-16H,1H3/b24-23-. The Labute approximate surface area is 158 Å². The van der Waals surface area contributed by atoms with Crippen LogP contribution >= 0.6 is 0 Å². The zero-order valence-corrected chi connectivity index (χ0v) is 15.0. The van der Waals surface area contributed by atoms with Crippen molar-refractivity contribution >= 4 is 28.8 Å². The molecule has 2 nitrogen and oxygen atoms in total. The monoisotopic (exact) mass is 350 g/mol. The van der Waals surface area contributed by atoms with Gasteiger partial charge >= 0.3 is 0 Å². The lowest BCUT2D eigenvalue weighted by atomic mass is 9.87. The van der Waals surface area contributed by atoms with E-state index in [2.05, 4.69) is 0 Å². The normalized spacial score (nSPS) is 14.3. The van der Waals surface area contributed by atoms with Crippen LogP contribution in [0.3, 0.4) is 0 Å². The number of benzene rings is 3. The van der Waals surface area contributed by atoms with Gasteiger partial charge in [-0.25, -0.2) is 0 Å². The van der Waals surface area contributed by atoms with Crippen molar-refractivity contribution < 1.29 is 9.59 Å². The molecule has 0 heterocycles. The molecule has 0 fully saturated rings. The van der Waals surface area contributed by atoms with Crippen LogP contribution < -0.4 is 0 Å². The number of rotatable bonds is 4. The Morgan fingerprint density at radius 3 is 1.85 bits per heavy atom. The van der Waals surface area contributed by atoms with Gasteiger partial charge < -0.3 is 0 Å². The molecule has 3 aromatic rings. The van der Waals surface area contributed by atoms with E-state index in [0.717, 1.165) is 22.3 Å². The van der Waals surface area contributed by atoms with Crippen LogP contribution in [0.5, 0.6) is 0 Å². The summed E-state index contributed by atoms with van der Waals surface area (Å²) in [5.41, 5.74) is 5.19. The molecule has 1 aliphatic rings. The largest absolute Gasteiger partial charge is 0.294 e. The highest BCUT2D eigenvalue weighted by Gasteiger charge is 2.29. The van der Waals surface area contributed by atoms with Crippen LogP contribution in [0.25, 0.3) is 17.2 Å². The fraction of sp³-hybridized carbons (Fsp3) is 0.0400. The van der Waals surface area contributed by atoms with Crippen LogP contribution in [0.4, 0.5) is 0 Å². The molecule has 2 heteroatoms. The van der Waals surface area contributed by atoms with Crippen molar-refractivity contribution in [2.24, 2.45) is 0 Å². The molecule has 0 aromatic heterocycles. The van der Waals surface area contributed by atoms with E-state index in [0.29, 0.717) is 16.7 Å². The van der Waals surface area contributed by atoms with Crippen molar-refractivity contribution in [2.75, 3.05) is 0 Å². The predicted octanol–water partition coefficient (Wildman–Crippen LogP) is 5.47. The average molecular weight is 350 g/mol. The topological polar surface area (TPSA) is 34.1 Å². The second-order valence-electron chi connectivity index (χ2n) is 6.51. The smallest absolute Gasteiger partial charge is 0.193 e. The Balaban J connectivity index is 1.99. The van der Waals surface area contributed by atoms with Gasteiger partial charge in [-0.2, -0.15) is 0 Å². The molecular formula is C25H18O2. The first kappa shape index (κ1) is 16.9. The number of allylic oxidation sites excluding steroid dienone is 3. The summed E-state index contributed by atoms with van der Waals surface area (Å²) in [7, 11) is 0. The van der Waals surface area contributed by atoms with Crippen LogP contribution in [0.15, 0.2) is 90.5 Å². The predicted molar refractivity (Wildman–Crippen MR) is 109 cm³/mol. The maximum atomic E-state index is 13.3. The summed E-state index contributed by atoms with van der Waals surface area (Å²) in [6.45, 7) is 1.56. The van der Waals surface area contributed by atoms with Gasteiger partial charge in [0.1, 0.15) is 0 Å². The van der Waals surface area contributed by atoms with Crippen molar-refractivity contribution in [3.05, 3.63) is 113 Å². The zero-order chi connectivity index (χ0) is 18.8. The SMILES string of the molecule is CC(=O)/C(=C1/C(C(=O)c2ccccc2)=Cc2ccccc21)c1ccccc1. The highest BCUT2D eigenvalue weighted by atomic mass is 16.1. The van der Waals surface area contributed by atoms with E-state index in [1.165, 1.54) is 0 Å². The molecule has 0 radical (unpaired) electrons. The van der Waals surface area contributed by atoms with Crippen molar-refractivity contribution in [2.45, 2.75) is 6.92 Å². The van der Waals surface area contributed by atoms with Crippen molar-refractivity contribution in [3.8, 4) is 0 Å². The first-order valence-electron chi connectivity index (χ1n) is 8.88. The van der Waals surface area contributed by atoms with Crippen molar-refractivity contribution in [1.29, 1.82) is 0 Å². The van der Waals surface area contributed by atoms with Crippen LogP contribution in [0.1, 0.15) is 34.0 Å². The molecule has 130 valence electrons. The molecule has 1 aliphatic carbocycles. The number of Topliss-reactive ketones (excluding diaryl/α,β-unsaturated/α-hetero) is 2. The van der Waals surface area contributed by atoms with Crippen molar-refractivity contribution in [1.82, 2.24) is 0 Å². The van der Waals surface area contributed by atoms with Gasteiger partial charge in [0.05, 0.1) is 0 Å². The van der Waals surface area contributed by atoms with Gasteiger partial charge in [-0.1, -0.05) is 84.9 Å². The summed E-state index contributed by atoms with van der Waals surface area (Å²) in [5, 5.41) is 0. The zero-order valence-electron chi connectivity index (χ0n) is 15.0. The number of fused-ring (bicyclic) bond motifs is 1. The van der Waals surface area contributed by atoms with E-state index in [4.69, 9.17) is 0 Å². The highest BCUT2D eigenvalue weighted by molar-refractivity contribution is 6.36. The van der Waals surface area contributed by atoms with E-state index in [1.807, 2.05) is 78.9 Å². The summed E-state index contributed by atoms with van der Waals surface area (Å²) in [5.74, 6) is -0.129. The van der Waals surface area contributed by atoms with Gasteiger partial charge in [-0.15, -0.1) is 0 Å². The van der Waals surface area contributed by atoms with E-state index in [1.54, 1.807) is 19.1 Å². The Hall–Kier alpha value is -3.52. The second-order valence-corrected chi connectivity index (χ2v) is 6.51. The first-order valence-corrected chi connectivity index (χ1v) is 8.88. The van der Waals surface area contributed by atoms with Crippen LogP contribution in [0, 0.1) is 0 Å². The maximum absolute atomic E-state index is 13.3. The van der Waals surface area contributed by atoms with E-state index in [-0.39, 0.29) is 11.6 Å². The molecule has 4 rings (SSSR count). The Kier molecular flexibility index (Phi) is 4.39. The average Bonchev–Trinajstić information content (AvgIpc) is 3.08. The fourth-order valence-electron chi connectivity index (χ4n) is 3.55. The molecule has 0 unspecified atom stereocenters. The third-order valence-electron chi connectivity index (χ3n) is 4.74. The van der Waals surface area contributed by atoms with Gasteiger partial charge in [-0.3, -0.25) is 9.59 Å². The molecule has 0 saturated heterocycles. The Bertz CT molecular complexity index is 1090. The van der Waals surface area contributed by atoms with E-state index < -0.39 is 0 Å². The summed E-state index contributed by atoms with van der Waals surface area (Å²) in [6.07, 6.45) is 1.89. The number of hydrogen-bond donors (Lipinski definition) is 0. The number of carbonyl (C=O) groups excluding carboxylic acids is 2. The molecule has 0 N–H and O–H groups in total. The molecule has 0 atom stereocenters. The van der Waals surface area contributed by atoms with Gasteiger partial charge in [0.2, 0.25) is 0 Å². The number of hydrogen-bond acceptors (Lipinski definition) is 2. The molecule has 0 amide bonds. The van der Waals surface area contributed by atoms with Gasteiger partial charge in [-0.05, 0) is 29.7 Å². The lowest BCUT2D eigenvalue weighted by Crippen LogP contribution is -2.07. The Morgan fingerprint density at radius 1 is 0.667 bits per heavy atom. The highest BCUT2D eigenvalue weighted by Crippen LogP contribution is 2.42. The van der Waals surface area contributed by atoms with Gasteiger partial charge in [0.15, 0.2) is 11.6 Å². The third kappa shape index (κ3) is 3.06. The molecule has 3 aromatic carbocycles. The summed E-state index contributed by atoms with van der Waals surface area (Å²) in [6, 6.07) is 26.6. The first-order chi connectivity index (χ1) is 13.2. The third-order valence-corrected chi connectivity index (χ3v) is 4.74. The minimum atomic E-state index is -0.0727. The minimum absolute atomic E-state index is 0.0559. The van der Waals surface area contributed by atoms with E-state index >= 15 is 0 Å².